The molecule has 0 aromatic carbocycles. The maximum Gasteiger partial charge on any atom is 0.261 e. The van der Waals surface area contributed by atoms with E-state index in [1.165, 1.54) is 41.6 Å². The van der Waals surface area contributed by atoms with Crippen LogP contribution in [0.4, 0.5) is 5.82 Å². The van der Waals surface area contributed by atoms with Crippen molar-refractivity contribution in [2.75, 3.05) is 32.2 Å². The summed E-state index contributed by atoms with van der Waals surface area (Å²) in [6.45, 7) is 0.807. The lowest BCUT2D eigenvalue weighted by molar-refractivity contribution is -0.128. The number of methoxy groups -OCH3 is 1. The zero-order chi connectivity index (χ0) is 21.0. The number of hydrogen-bond donors (Lipinski definition) is 1. The van der Waals surface area contributed by atoms with Crippen LogP contribution < -0.4 is 10.2 Å². The van der Waals surface area contributed by atoms with Crippen molar-refractivity contribution < 1.29 is 23.9 Å². The van der Waals surface area contributed by atoms with Crippen LogP contribution in [0.1, 0.15) is 24.9 Å². The summed E-state index contributed by atoms with van der Waals surface area (Å²) in [6.07, 6.45) is 4.18. The minimum atomic E-state index is -1.43. The fraction of sp³-hybridized carbons (Fsp3) is 0.250. The summed E-state index contributed by atoms with van der Waals surface area (Å²) in [5, 5.41) is 2.71. The van der Waals surface area contributed by atoms with Gasteiger partial charge in [0.05, 0.1) is 17.0 Å². The summed E-state index contributed by atoms with van der Waals surface area (Å²) in [6, 6.07) is 6.47. The maximum absolute atomic E-state index is 12.6. The zero-order valence-corrected chi connectivity index (χ0v) is 16.7. The van der Waals surface area contributed by atoms with Gasteiger partial charge >= 0.3 is 0 Å². The number of thiophene rings is 1. The van der Waals surface area contributed by atoms with Gasteiger partial charge in [0.2, 0.25) is 5.91 Å². The summed E-state index contributed by atoms with van der Waals surface area (Å²) in [4.78, 5) is 56.2. The molecule has 0 fully saturated rings. The molecule has 1 unspecified atom stereocenters. The summed E-state index contributed by atoms with van der Waals surface area (Å²) in [7, 11) is 3.03. The Morgan fingerprint density at radius 3 is 2.86 bits per heavy atom. The normalized spacial score (nSPS) is 16.2. The zero-order valence-electron chi connectivity index (χ0n) is 15.9. The molecule has 0 saturated carbocycles. The van der Waals surface area contributed by atoms with Gasteiger partial charge in [-0.1, -0.05) is 0 Å². The van der Waals surface area contributed by atoms with Gasteiger partial charge in [0.15, 0.2) is 17.5 Å². The third-order valence-electron chi connectivity index (χ3n) is 4.35. The molecule has 1 aliphatic rings. The van der Waals surface area contributed by atoms with Crippen LogP contribution in [-0.2, 0) is 14.3 Å². The first-order valence-corrected chi connectivity index (χ1v) is 9.61. The molecular weight excluding hydrogens is 394 g/mol. The molecule has 3 heterocycles. The summed E-state index contributed by atoms with van der Waals surface area (Å²) in [5.41, 5.74) is 0.243. The molecule has 29 heavy (non-hydrogen) atoms. The highest BCUT2D eigenvalue weighted by Crippen LogP contribution is 2.28. The number of anilines is 1. The summed E-state index contributed by atoms with van der Waals surface area (Å²) < 4.78 is 4.88. The molecule has 1 N–H and O–H groups in total. The van der Waals surface area contributed by atoms with Crippen LogP contribution in [0.3, 0.4) is 0 Å². The first-order chi connectivity index (χ1) is 13.9. The molecule has 0 saturated heterocycles. The topological polar surface area (TPSA) is 106 Å². The second-order valence-electron chi connectivity index (χ2n) is 6.26. The molecule has 1 aliphatic heterocycles. The molecule has 2 aromatic heterocycles. The third kappa shape index (κ3) is 4.30. The second kappa shape index (κ2) is 8.89. The fourth-order valence-corrected chi connectivity index (χ4v) is 3.68. The number of nitrogens with zero attached hydrogens (tertiary/aromatic N) is 2. The van der Waals surface area contributed by atoms with Gasteiger partial charge in [-0.3, -0.25) is 24.1 Å². The van der Waals surface area contributed by atoms with E-state index in [0.29, 0.717) is 22.9 Å². The SMILES string of the molecule is COCCNC(=O)c1ccc(/C=C/C(=O)C2C(=O)c3cccnc3N(C)C2=O)s1. The average molecular weight is 413 g/mol. The molecule has 2 amide bonds. The molecule has 1 atom stereocenters. The minimum Gasteiger partial charge on any atom is -0.383 e. The van der Waals surface area contributed by atoms with Gasteiger partial charge in [-0.05, 0) is 36.4 Å². The number of rotatable bonds is 7. The van der Waals surface area contributed by atoms with Gasteiger partial charge in [-0.15, -0.1) is 11.3 Å². The predicted octanol–water partition coefficient (Wildman–Crippen LogP) is 1.58. The molecule has 0 bridgehead atoms. The number of fused-ring (bicyclic) bond motifs is 1. The predicted molar refractivity (Wildman–Crippen MR) is 108 cm³/mol. The van der Waals surface area contributed by atoms with Crippen LogP contribution in [0.25, 0.3) is 6.08 Å². The highest BCUT2D eigenvalue weighted by molar-refractivity contribution is 7.14. The monoisotopic (exact) mass is 413 g/mol. The van der Waals surface area contributed by atoms with E-state index in [1.807, 2.05) is 0 Å². The Kier molecular flexibility index (Phi) is 6.30. The summed E-state index contributed by atoms with van der Waals surface area (Å²) >= 11 is 1.20. The maximum atomic E-state index is 12.6. The Hall–Kier alpha value is -3.17. The van der Waals surface area contributed by atoms with Gasteiger partial charge in [0, 0.05) is 31.8 Å². The van der Waals surface area contributed by atoms with Crippen molar-refractivity contribution in [3.05, 3.63) is 51.9 Å². The Balaban J connectivity index is 1.72. The number of nitrogens with one attached hydrogen (secondary N) is 1. The Labute approximate surface area is 171 Å². The van der Waals surface area contributed by atoms with Crippen molar-refractivity contribution in [3.63, 3.8) is 0 Å². The Morgan fingerprint density at radius 1 is 1.31 bits per heavy atom. The number of ketones is 2. The minimum absolute atomic E-state index is 0.235. The largest absolute Gasteiger partial charge is 0.383 e. The molecule has 3 rings (SSSR count). The van der Waals surface area contributed by atoms with E-state index in [9.17, 15) is 19.2 Å². The number of hydrogen-bond acceptors (Lipinski definition) is 7. The Bertz CT molecular complexity index is 998. The molecule has 2 aromatic rings. The molecule has 9 heteroatoms. The summed E-state index contributed by atoms with van der Waals surface area (Å²) in [5.74, 6) is -3.19. The van der Waals surface area contributed by atoms with Crippen LogP contribution in [0.5, 0.6) is 0 Å². The van der Waals surface area contributed by atoms with Gasteiger partial charge < -0.3 is 10.1 Å². The van der Waals surface area contributed by atoms with Gasteiger partial charge in [-0.2, -0.15) is 0 Å². The van der Waals surface area contributed by atoms with Crippen molar-refractivity contribution in [2.24, 2.45) is 5.92 Å². The molecule has 8 nitrogen and oxygen atoms in total. The van der Waals surface area contributed by atoms with E-state index < -0.39 is 23.4 Å². The highest BCUT2D eigenvalue weighted by Gasteiger charge is 2.42. The third-order valence-corrected chi connectivity index (χ3v) is 5.40. The lowest BCUT2D eigenvalue weighted by Crippen LogP contribution is -2.46. The number of ether oxygens (including phenoxy) is 1. The van der Waals surface area contributed by atoms with Gasteiger partial charge in [-0.25, -0.2) is 4.98 Å². The standard InChI is InChI=1S/C20H19N3O5S/c1-23-18-13(4-3-9-21-18)17(25)16(20(23)27)14(24)7-5-12-6-8-15(29-12)19(26)22-10-11-28-2/h3-9,16H,10-11H2,1-2H3,(H,22,26)/b7-5+. The van der Waals surface area contributed by atoms with Crippen LogP contribution in [-0.4, -0.2) is 55.7 Å². The molecule has 0 spiro atoms. The fourth-order valence-electron chi connectivity index (χ4n) is 2.85. The number of carbonyl (C=O) groups is 4. The van der Waals surface area contributed by atoms with Crippen LogP contribution >= 0.6 is 11.3 Å². The van der Waals surface area contributed by atoms with E-state index in [2.05, 4.69) is 10.3 Å². The number of Topliss-reactive ketones (excluding diaryl/α,β-unsaturated/α-hetero) is 1. The van der Waals surface area contributed by atoms with Crippen molar-refractivity contribution in [1.29, 1.82) is 0 Å². The molecule has 150 valence electrons. The van der Waals surface area contributed by atoms with Crippen LogP contribution in [0.2, 0.25) is 0 Å². The van der Waals surface area contributed by atoms with Crippen LogP contribution in [0.15, 0.2) is 36.5 Å². The molecule has 0 radical (unpaired) electrons. The Morgan fingerprint density at radius 2 is 2.10 bits per heavy atom. The number of pyridine rings is 1. The average Bonchev–Trinajstić information content (AvgIpc) is 3.20. The van der Waals surface area contributed by atoms with E-state index in [0.717, 1.165) is 0 Å². The number of amides is 2. The number of carbonyl (C=O) groups excluding carboxylic acids is 4. The lowest BCUT2D eigenvalue weighted by atomic mass is 9.89. The van der Waals surface area contributed by atoms with Crippen molar-refractivity contribution in [3.8, 4) is 0 Å². The lowest BCUT2D eigenvalue weighted by Gasteiger charge is -2.27. The first kappa shape index (κ1) is 20.6. The van der Waals surface area contributed by atoms with Crippen molar-refractivity contribution in [2.45, 2.75) is 0 Å². The quantitative estimate of drug-likeness (QED) is 0.420. The van der Waals surface area contributed by atoms with Crippen molar-refractivity contribution in [1.82, 2.24) is 10.3 Å². The van der Waals surface area contributed by atoms with E-state index >= 15 is 0 Å². The number of allylic oxidation sites excluding steroid dienone is 1. The van der Waals surface area contributed by atoms with Crippen LogP contribution in [0, 0.1) is 5.92 Å². The second-order valence-corrected chi connectivity index (χ2v) is 7.37. The molecule has 0 aliphatic carbocycles. The van der Waals surface area contributed by atoms with Gasteiger partial charge in [0.25, 0.3) is 5.91 Å². The van der Waals surface area contributed by atoms with Gasteiger partial charge in [0.1, 0.15) is 5.82 Å². The molecular formula is C20H19N3O5S. The van der Waals surface area contributed by atoms with E-state index in [4.69, 9.17) is 4.74 Å². The smallest absolute Gasteiger partial charge is 0.261 e. The first-order valence-electron chi connectivity index (χ1n) is 8.79. The number of aromatic nitrogens is 1. The van der Waals surface area contributed by atoms with E-state index in [1.54, 1.807) is 31.4 Å². The van der Waals surface area contributed by atoms with Crippen molar-refractivity contribution >= 4 is 46.6 Å². The highest BCUT2D eigenvalue weighted by atomic mass is 32.1. The van der Waals surface area contributed by atoms with E-state index in [-0.39, 0.29) is 17.3 Å².